The van der Waals surface area contributed by atoms with Crippen molar-refractivity contribution in [3.63, 3.8) is 0 Å². The molecule has 0 bridgehead atoms. The molecule has 0 aromatic heterocycles. The van der Waals surface area contributed by atoms with Gasteiger partial charge in [-0.2, -0.15) is 0 Å². The van der Waals surface area contributed by atoms with Crippen LogP contribution in [-0.2, 0) is 6.42 Å². The number of halogens is 2. The molecule has 1 atom stereocenters. The molecule has 112 valence electrons. The molecule has 1 unspecified atom stereocenters. The van der Waals surface area contributed by atoms with Gasteiger partial charge in [0, 0.05) is 6.54 Å². The molecule has 1 N–H and O–H groups in total. The Labute approximate surface area is 140 Å². The fourth-order valence-electron chi connectivity index (χ4n) is 2.49. The fourth-order valence-corrected chi connectivity index (χ4v) is 3.01. The summed E-state index contributed by atoms with van der Waals surface area (Å²) in [5.74, 6) is 0.940. The molecular weight excluding hydrogens is 350 g/mol. The van der Waals surface area contributed by atoms with E-state index in [0.29, 0.717) is 6.10 Å². The number of ether oxygens (including phenoxy) is 1. The summed E-state index contributed by atoms with van der Waals surface area (Å²) >= 11 is 3.62. The summed E-state index contributed by atoms with van der Waals surface area (Å²) in [4.78, 5) is 0. The second-order valence-electron chi connectivity index (χ2n) is 5.16. The number of hydrogen-bond acceptors (Lipinski definition) is 2. The summed E-state index contributed by atoms with van der Waals surface area (Å²) in [6, 6.07) is 16.9. The van der Waals surface area contributed by atoms with Crippen LogP contribution in [-0.4, -0.2) is 19.2 Å². The van der Waals surface area contributed by atoms with Crippen molar-refractivity contribution in [2.24, 2.45) is 0 Å². The standard InChI is InChI=1S/C17H18BrNO.ClH/c18-16-11-14(10-13-4-2-1-3-5-13)6-7-17(16)20-15-8-9-19-12-15;/h1-7,11,15,19H,8-10,12H2;1H. The zero-order valence-corrected chi connectivity index (χ0v) is 14.1. The molecule has 21 heavy (non-hydrogen) atoms. The first-order valence-electron chi connectivity index (χ1n) is 7.01. The summed E-state index contributed by atoms with van der Waals surface area (Å²) in [5.41, 5.74) is 2.62. The molecule has 2 aromatic carbocycles. The van der Waals surface area contributed by atoms with Crippen LogP contribution in [0.2, 0.25) is 0 Å². The van der Waals surface area contributed by atoms with E-state index in [4.69, 9.17) is 4.74 Å². The summed E-state index contributed by atoms with van der Waals surface area (Å²) in [5, 5.41) is 3.32. The average molecular weight is 369 g/mol. The van der Waals surface area contributed by atoms with Gasteiger partial charge in [-0.15, -0.1) is 12.4 Å². The Balaban J connectivity index is 0.00000161. The van der Waals surface area contributed by atoms with E-state index in [1.54, 1.807) is 0 Å². The van der Waals surface area contributed by atoms with Crippen molar-refractivity contribution in [3.05, 3.63) is 64.1 Å². The second kappa shape index (κ2) is 7.83. The molecule has 1 aliphatic heterocycles. The molecule has 0 spiro atoms. The lowest BCUT2D eigenvalue weighted by atomic mass is 10.1. The van der Waals surface area contributed by atoms with Gasteiger partial charge < -0.3 is 10.1 Å². The fraction of sp³-hybridized carbons (Fsp3) is 0.294. The van der Waals surface area contributed by atoms with Crippen molar-refractivity contribution >= 4 is 28.3 Å². The van der Waals surface area contributed by atoms with Gasteiger partial charge in [0.15, 0.2) is 0 Å². The molecule has 1 saturated heterocycles. The number of rotatable bonds is 4. The molecular formula is C17H19BrClNO. The molecule has 4 heteroatoms. The second-order valence-corrected chi connectivity index (χ2v) is 6.01. The van der Waals surface area contributed by atoms with Crippen molar-refractivity contribution in [1.82, 2.24) is 5.32 Å². The minimum atomic E-state index is 0. The highest BCUT2D eigenvalue weighted by atomic mass is 79.9. The van der Waals surface area contributed by atoms with Crippen LogP contribution in [0.25, 0.3) is 0 Å². The van der Waals surface area contributed by atoms with E-state index in [9.17, 15) is 0 Å². The third kappa shape index (κ3) is 4.47. The summed E-state index contributed by atoms with van der Waals surface area (Å²) in [6.45, 7) is 1.99. The Morgan fingerprint density at radius 2 is 1.90 bits per heavy atom. The van der Waals surface area contributed by atoms with Crippen LogP contribution in [0.3, 0.4) is 0 Å². The molecule has 2 aromatic rings. The van der Waals surface area contributed by atoms with Crippen LogP contribution in [0.5, 0.6) is 5.75 Å². The Morgan fingerprint density at radius 1 is 1.10 bits per heavy atom. The van der Waals surface area contributed by atoms with Crippen LogP contribution in [0.4, 0.5) is 0 Å². The van der Waals surface area contributed by atoms with Gasteiger partial charge in [-0.3, -0.25) is 0 Å². The van der Waals surface area contributed by atoms with E-state index >= 15 is 0 Å². The van der Waals surface area contributed by atoms with E-state index in [0.717, 1.165) is 36.2 Å². The van der Waals surface area contributed by atoms with Gasteiger partial charge in [-0.25, -0.2) is 0 Å². The van der Waals surface area contributed by atoms with Gasteiger partial charge in [0.25, 0.3) is 0 Å². The SMILES string of the molecule is Brc1cc(Cc2ccccc2)ccc1OC1CCNC1.Cl. The van der Waals surface area contributed by atoms with E-state index in [1.807, 2.05) is 6.07 Å². The van der Waals surface area contributed by atoms with Crippen molar-refractivity contribution in [2.75, 3.05) is 13.1 Å². The maximum absolute atomic E-state index is 6.00. The Morgan fingerprint density at radius 3 is 2.57 bits per heavy atom. The molecule has 0 amide bonds. The van der Waals surface area contributed by atoms with Crippen molar-refractivity contribution in [1.29, 1.82) is 0 Å². The maximum atomic E-state index is 6.00. The van der Waals surface area contributed by atoms with Crippen LogP contribution < -0.4 is 10.1 Å². The molecule has 0 aliphatic carbocycles. The zero-order chi connectivity index (χ0) is 13.8. The third-order valence-corrected chi connectivity index (χ3v) is 4.18. The van der Waals surface area contributed by atoms with Gasteiger partial charge in [0.05, 0.1) is 4.47 Å². The smallest absolute Gasteiger partial charge is 0.133 e. The molecule has 1 fully saturated rings. The maximum Gasteiger partial charge on any atom is 0.133 e. The number of hydrogen-bond donors (Lipinski definition) is 1. The molecule has 0 radical (unpaired) electrons. The molecule has 3 rings (SSSR count). The first-order valence-corrected chi connectivity index (χ1v) is 7.80. The van der Waals surface area contributed by atoms with Crippen LogP contribution >= 0.6 is 28.3 Å². The average Bonchev–Trinajstić information content (AvgIpc) is 2.96. The molecule has 1 heterocycles. The normalized spacial score (nSPS) is 17.3. The predicted octanol–water partition coefficient (Wildman–Crippen LogP) is 4.20. The van der Waals surface area contributed by atoms with Gasteiger partial charge in [0.1, 0.15) is 11.9 Å². The Kier molecular flexibility index (Phi) is 6.09. The van der Waals surface area contributed by atoms with Gasteiger partial charge >= 0.3 is 0 Å². The third-order valence-electron chi connectivity index (χ3n) is 3.56. The van der Waals surface area contributed by atoms with Gasteiger partial charge in [-0.05, 0) is 58.6 Å². The molecule has 2 nitrogen and oxygen atoms in total. The Bertz CT molecular complexity index is 570. The van der Waals surface area contributed by atoms with Crippen molar-refractivity contribution in [2.45, 2.75) is 18.9 Å². The van der Waals surface area contributed by atoms with Gasteiger partial charge in [0.2, 0.25) is 0 Å². The van der Waals surface area contributed by atoms with E-state index < -0.39 is 0 Å². The van der Waals surface area contributed by atoms with E-state index in [2.05, 4.69) is 63.7 Å². The van der Waals surface area contributed by atoms with Crippen LogP contribution in [0.1, 0.15) is 17.5 Å². The minimum Gasteiger partial charge on any atom is -0.488 e. The predicted molar refractivity (Wildman–Crippen MR) is 92.5 cm³/mol. The van der Waals surface area contributed by atoms with Crippen LogP contribution in [0, 0.1) is 0 Å². The lowest BCUT2D eigenvalue weighted by molar-refractivity contribution is 0.221. The minimum absolute atomic E-state index is 0. The quantitative estimate of drug-likeness (QED) is 0.873. The first-order chi connectivity index (χ1) is 9.81. The van der Waals surface area contributed by atoms with Gasteiger partial charge in [-0.1, -0.05) is 36.4 Å². The highest BCUT2D eigenvalue weighted by Crippen LogP contribution is 2.28. The lowest BCUT2D eigenvalue weighted by Gasteiger charge is -2.14. The monoisotopic (exact) mass is 367 g/mol. The van der Waals surface area contributed by atoms with Crippen LogP contribution in [0.15, 0.2) is 53.0 Å². The lowest BCUT2D eigenvalue weighted by Crippen LogP contribution is -2.19. The highest BCUT2D eigenvalue weighted by Gasteiger charge is 2.17. The number of benzene rings is 2. The summed E-state index contributed by atoms with van der Waals surface area (Å²) in [7, 11) is 0. The number of nitrogens with one attached hydrogen (secondary N) is 1. The van der Waals surface area contributed by atoms with E-state index in [-0.39, 0.29) is 12.4 Å². The Hall–Kier alpha value is -1.03. The summed E-state index contributed by atoms with van der Waals surface area (Å²) < 4.78 is 7.04. The van der Waals surface area contributed by atoms with Crippen molar-refractivity contribution < 1.29 is 4.74 Å². The molecule has 1 aliphatic rings. The highest BCUT2D eigenvalue weighted by molar-refractivity contribution is 9.10. The molecule has 0 saturated carbocycles. The zero-order valence-electron chi connectivity index (χ0n) is 11.7. The van der Waals surface area contributed by atoms with Crippen molar-refractivity contribution in [3.8, 4) is 5.75 Å². The topological polar surface area (TPSA) is 21.3 Å². The van der Waals surface area contributed by atoms with E-state index in [1.165, 1.54) is 11.1 Å². The first kappa shape index (κ1) is 16.3. The largest absolute Gasteiger partial charge is 0.488 e. The summed E-state index contributed by atoms with van der Waals surface area (Å²) in [6.07, 6.45) is 2.33.